The molecule has 1 aliphatic rings. The van der Waals surface area contributed by atoms with Gasteiger partial charge in [0.25, 0.3) is 6.47 Å². The minimum atomic E-state index is -4.24. The number of hydrogen-bond acceptors (Lipinski definition) is 8. The lowest BCUT2D eigenvalue weighted by atomic mass is 9.98. The molecule has 2 heterocycles. The molecule has 1 saturated heterocycles. The Bertz CT molecular complexity index is 1660. The highest BCUT2D eigenvalue weighted by molar-refractivity contribution is 7.89. The summed E-state index contributed by atoms with van der Waals surface area (Å²) >= 11 is 0. The van der Waals surface area contributed by atoms with Gasteiger partial charge in [-0.25, -0.2) is 27.9 Å². The Labute approximate surface area is 250 Å². The van der Waals surface area contributed by atoms with E-state index in [0.717, 1.165) is 66.9 Å². The normalized spacial score (nSPS) is 14.0. The Balaban J connectivity index is 0.00000135. The third-order valence-corrected chi connectivity index (χ3v) is 8.15. The van der Waals surface area contributed by atoms with E-state index in [-0.39, 0.29) is 12.0 Å². The molecule has 1 aromatic heterocycles. The van der Waals surface area contributed by atoms with E-state index in [1.54, 1.807) is 24.3 Å². The maximum atomic E-state index is 14.3. The fraction of sp³-hybridized carbons (Fsp3) is 0.258. The second kappa shape index (κ2) is 14.2. The van der Waals surface area contributed by atoms with Gasteiger partial charge in [0.15, 0.2) is 0 Å². The number of aryl methyl sites for hydroxylation is 1. The molecule has 0 saturated carbocycles. The molecule has 5 rings (SSSR count). The van der Waals surface area contributed by atoms with Crippen LogP contribution in [0.5, 0.6) is 5.75 Å². The van der Waals surface area contributed by atoms with Crippen LogP contribution in [-0.2, 0) is 14.8 Å². The number of primary sulfonamides is 1. The number of nitrogens with one attached hydrogen (secondary N) is 1. The van der Waals surface area contributed by atoms with Crippen molar-refractivity contribution in [2.24, 2.45) is 11.1 Å². The van der Waals surface area contributed by atoms with Crippen LogP contribution in [0.25, 0.3) is 22.4 Å². The van der Waals surface area contributed by atoms with Crippen molar-refractivity contribution in [3.8, 4) is 28.1 Å². The van der Waals surface area contributed by atoms with Crippen LogP contribution in [0.1, 0.15) is 18.4 Å². The predicted molar refractivity (Wildman–Crippen MR) is 163 cm³/mol. The number of anilines is 2. The number of sulfonamides is 1. The first kappa shape index (κ1) is 31.5. The quantitative estimate of drug-likeness (QED) is 0.234. The average Bonchev–Trinajstić information content (AvgIpc) is 2.97. The van der Waals surface area contributed by atoms with Gasteiger partial charge in [-0.2, -0.15) is 0 Å². The number of carboxylic acid groups (broad SMARTS) is 1. The van der Waals surface area contributed by atoms with Gasteiger partial charge in [-0.1, -0.05) is 24.3 Å². The van der Waals surface area contributed by atoms with Crippen molar-refractivity contribution in [2.45, 2.75) is 24.7 Å². The van der Waals surface area contributed by atoms with E-state index >= 15 is 0 Å². The lowest BCUT2D eigenvalue weighted by Gasteiger charge is -2.28. The molecule has 0 aliphatic carbocycles. The maximum Gasteiger partial charge on any atom is 0.290 e. The number of rotatable bonds is 8. The SMILES string of the molecule is Cc1cc(-c2cc(Nc3ccc(-c4cccc(F)c4S(N)(=O)=O)cc3)ncn2)ccc1OCC1CCN(C)CC1.O=CO. The molecule has 1 fully saturated rings. The highest BCUT2D eigenvalue weighted by Gasteiger charge is 2.20. The molecule has 4 N–H and O–H groups in total. The van der Waals surface area contributed by atoms with Gasteiger partial charge in [0.2, 0.25) is 10.0 Å². The summed E-state index contributed by atoms with van der Waals surface area (Å²) < 4.78 is 44.3. The Morgan fingerprint density at radius 3 is 2.40 bits per heavy atom. The van der Waals surface area contributed by atoms with Gasteiger partial charge in [0.1, 0.15) is 28.6 Å². The number of nitrogens with two attached hydrogens (primary N) is 1. The number of halogens is 1. The summed E-state index contributed by atoms with van der Waals surface area (Å²) in [5.74, 6) is 1.18. The zero-order chi connectivity index (χ0) is 31.0. The zero-order valence-corrected chi connectivity index (χ0v) is 24.7. The molecule has 4 aromatic rings. The Morgan fingerprint density at radius 1 is 1.07 bits per heavy atom. The molecule has 1 aliphatic heterocycles. The van der Waals surface area contributed by atoms with Crippen LogP contribution in [0.4, 0.5) is 15.9 Å². The van der Waals surface area contributed by atoms with Crippen LogP contribution in [-0.4, -0.2) is 61.6 Å². The molecule has 10 nitrogen and oxygen atoms in total. The van der Waals surface area contributed by atoms with Crippen molar-refractivity contribution in [3.05, 3.63) is 84.4 Å². The number of benzene rings is 3. The maximum absolute atomic E-state index is 14.3. The number of aromatic nitrogens is 2. The summed E-state index contributed by atoms with van der Waals surface area (Å²) in [5.41, 5.74) is 4.20. The fourth-order valence-electron chi connectivity index (χ4n) is 4.90. The number of ether oxygens (including phenoxy) is 1. The van der Waals surface area contributed by atoms with E-state index < -0.39 is 20.7 Å². The summed E-state index contributed by atoms with van der Waals surface area (Å²) in [6, 6.07) is 18.9. The molecule has 0 amide bonds. The first-order chi connectivity index (χ1) is 20.6. The molecule has 0 atom stereocenters. The third-order valence-electron chi connectivity index (χ3n) is 7.17. The lowest BCUT2D eigenvalue weighted by molar-refractivity contribution is -0.122. The minimum Gasteiger partial charge on any atom is -0.493 e. The first-order valence-electron chi connectivity index (χ1n) is 13.6. The summed E-state index contributed by atoms with van der Waals surface area (Å²) in [4.78, 5) is 19.0. The molecular weight excluding hydrogens is 573 g/mol. The van der Waals surface area contributed by atoms with Crippen molar-refractivity contribution >= 4 is 28.0 Å². The first-order valence-corrected chi connectivity index (χ1v) is 15.1. The van der Waals surface area contributed by atoms with Crippen LogP contribution in [0.15, 0.2) is 78.0 Å². The molecule has 3 aromatic carbocycles. The van der Waals surface area contributed by atoms with Gasteiger partial charge in [0, 0.05) is 22.9 Å². The number of hydrogen-bond donors (Lipinski definition) is 3. The summed E-state index contributed by atoms with van der Waals surface area (Å²) in [7, 11) is -2.08. The monoisotopic (exact) mass is 607 g/mol. The van der Waals surface area contributed by atoms with E-state index in [0.29, 0.717) is 17.3 Å². The topological polar surface area (TPSA) is 148 Å². The Morgan fingerprint density at radius 2 is 1.74 bits per heavy atom. The van der Waals surface area contributed by atoms with E-state index in [2.05, 4.69) is 33.3 Å². The van der Waals surface area contributed by atoms with E-state index in [1.165, 1.54) is 18.5 Å². The lowest BCUT2D eigenvalue weighted by Crippen LogP contribution is -2.32. The highest BCUT2D eigenvalue weighted by atomic mass is 32.2. The van der Waals surface area contributed by atoms with Crippen LogP contribution in [0.3, 0.4) is 0 Å². The third kappa shape index (κ3) is 8.34. The predicted octanol–water partition coefficient (Wildman–Crippen LogP) is 5.07. The van der Waals surface area contributed by atoms with Gasteiger partial charge in [-0.05, 0) is 93.3 Å². The Kier molecular flexibility index (Phi) is 10.4. The molecule has 226 valence electrons. The van der Waals surface area contributed by atoms with Gasteiger partial charge in [0.05, 0.1) is 12.3 Å². The number of nitrogens with zero attached hydrogens (tertiary/aromatic N) is 3. The molecule has 0 spiro atoms. The van der Waals surface area contributed by atoms with E-state index in [1.807, 2.05) is 25.1 Å². The standard InChI is InChI=1S/C30H32FN5O3S.CH2O2/c1-20-16-23(8-11-28(20)39-18-21-12-14-36(2)15-13-21)27-17-29(34-19-33-27)35-24-9-6-22(7-10-24)25-4-3-5-26(31)30(25)40(32,37)38;2-1-3/h3-11,16-17,19,21H,12-15,18H2,1-2H3,(H2,32,37,38)(H,33,34,35);1H,(H,2,3). The Hall–Kier alpha value is -4.39. The summed E-state index contributed by atoms with van der Waals surface area (Å²) in [5, 5.41) is 15.4. The van der Waals surface area contributed by atoms with Crippen molar-refractivity contribution in [3.63, 3.8) is 0 Å². The molecule has 43 heavy (non-hydrogen) atoms. The van der Waals surface area contributed by atoms with Crippen molar-refractivity contribution < 1.29 is 27.4 Å². The molecule has 0 unspecified atom stereocenters. The fourth-order valence-corrected chi connectivity index (χ4v) is 5.73. The van der Waals surface area contributed by atoms with Crippen molar-refractivity contribution in [2.75, 3.05) is 32.1 Å². The van der Waals surface area contributed by atoms with Crippen LogP contribution in [0, 0.1) is 18.7 Å². The van der Waals surface area contributed by atoms with Gasteiger partial charge < -0.3 is 20.1 Å². The molecule has 0 bridgehead atoms. The summed E-state index contributed by atoms with van der Waals surface area (Å²) in [6.45, 7) is 4.76. The highest BCUT2D eigenvalue weighted by Crippen LogP contribution is 2.31. The largest absolute Gasteiger partial charge is 0.493 e. The second-order valence-electron chi connectivity index (χ2n) is 10.3. The molecule has 12 heteroatoms. The van der Waals surface area contributed by atoms with Gasteiger partial charge >= 0.3 is 0 Å². The van der Waals surface area contributed by atoms with Crippen LogP contribution >= 0.6 is 0 Å². The van der Waals surface area contributed by atoms with Gasteiger partial charge in [-0.15, -0.1) is 0 Å². The van der Waals surface area contributed by atoms with Gasteiger partial charge in [-0.3, -0.25) is 4.79 Å². The molecule has 0 radical (unpaired) electrons. The minimum absolute atomic E-state index is 0.201. The van der Waals surface area contributed by atoms with Crippen LogP contribution < -0.4 is 15.2 Å². The number of carbonyl (C=O) groups is 1. The van der Waals surface area contributed by atoms with Crippen molar-refractivity contribution in [1.82, 2.24) is 14.9 Å². The van der Waals surface area contributed by atoms with Crippen LogP contribution in [0.2, 0.25) is 0 Å². The number of likely N-dealkylation sites (tertiary alicyclic amines) is 1. The number of piperidine rings is 1. The second-order valence-corrected chi connectivity index (χ2v) is 11.8. The zero-order valence-electron chi connectivity index (χ0n) is 23.9. The average molecular weight is 608 g/mol. The smallest absolute Gasteiger partial charge is 0.290 e. The van der Waals surface area contributed by atoms with Crippen molar-refractivity contribution in [1.29, 1.82) is 0 Å². The van der Waals surface area contributed by atoms with E-state index in [9.17, 15) is 12.8 Å². The summed E-state index contributed by atoms with van der Waals surface area (Å²) in [6.07, 6.45) is 3.82. The van der Waals surface area contributed by atoms with E-state index in [4.69, 9.17) is 19.8 Å². The molecular formula is C31H34FN5O5S.